The fourth-order valence-corrected chi connectivity index (χ4v) is 1.04. The zero-order chi connectivity index (χ0) is 13.0. The van der Waals surface area contributed by atoms with Crippen LogP contribution in [0.2, 0.25) is 0 Å². The van der Waals surface area contributed by atoms with E-state index in [-0.39, 0.29) is 0 Å². The summed E-state index contributed by atoms with van der Waals surface area (Å²) in [6, 6.07) is 2.27. The number of nitrogens with zero attached hydrogens (tertiary/aromatic N) is 2. The molecule has 0 atom stereocenters. The first-order chi connectivity index (χ1) is 7.90. The summed E-state index contributed by atoms with van der Waals surface area (Å²) in [7, 11) is -2.99. The van der Waals surface area contributed by atoms with E-state index >= 15 is 0 Å². The van der Waals surface area contributed by atoms with Gasteiger partial charge in [0.1, 0.15) is 5.75 Å². The zero-order valence-electron chi connectivity index (χ0n) is 7.86. The number of nitro benzene ring substituents is 1. The van der Waals surface area contributed by atoms with Crippen molar-refractivity contribution in [3.8, 4) is 5.75 Å². The van der Waals surface area contributed by atoms with Crippen molar-refractivity contribution in [3.63, 3.8) is 0 Å². The van der Waals surface area contributed by atoms with Gasteiger partial charge in [0.05, 0.1) is 4.92 Å². The first-order valence-electron chi connectivity index (χ1n) is 3.87. The standard InChI is InChI=1S/C7H3FN2O6S/c8-5-3-4(1-2-6(5)10(12)13)16-7(11)9-17(14)15/h1-3H. The molecule has 1 aromatic rings. The summed E-state index contributed by atoms with van der Waals surface area (Å²) in [6.45, 7) is 0. The molecular formula is C7H3FN2O6S. The minimum atomic E-state index is -2.99. The minimum absolute atomic E-state index is 0.396. The third kappa shape index (κ3) is 3.61. The first-order valence-corrected chi connectivity index (χ1v) is 4.90. The Labute approximate surface area is 94.5 Å². The van der Waals surface area contributed by atoms with Crippen LogP contribution in [0.1, 0.15) is 0 Å². The van der Waals surface area contributed by atoms with Crippen molar-refractivity contribution in [3.05, 3.63) is 34.1 Å². The molecule has 0 aliphatic carbocycles. The maximum atomic E-state index is 13.0. The van der Waals surface area contributed by atoms with Gasteiger partial charge in [-0.1, -0.05) is 4.36 Å². The Bertz CT molecular complexity index is 603. The fraction of sp³-hybridized carbons (Fsp3) is 0. The van der Waals surface area contributed by atoms with E-state index in [1.807, 2.05) is 0 Å². The Morgan fingerprint density at radius 2 is 2.12 bits per heavy atom. The number of carbonyl (C=O) groups is 1. The second kappa shape index (κ2) is 5.12. The third-order valence-corrected chi connectivity index (χ3v) is 1.77. The summed E-state index contributed by atoms with van der Waals surface area (Å²) in [5.74, 6) is -1.61. The minimum Gasteiger partial charge on any atom is -0.408 e. The molecule has 0 spiro atoms. The Hall–Kier alpha value is -2.36. The summed E-state index contributed by atoms with van der Waals surface area (Å²) in [6.07, 6.45) is -1.48. The van der Waals surface area contributed by atoms with Crippen molar-refractivity contribution in [2.45, 2.75) is 0 Å². The van der Waals surface area contributed by atoms with E-state index in [4.69, 9.17) is 0 Å². The van der Waals surface area contributed by atoms with Crippen molar-refractivity contribution in [2.75, 3.05) is 0 Å². The van der Waals surface area contributed by atoms with Crippen LogP contribution in [0.15, 0.2) is 22.6 Å². The second-order valence-electron chi connectivity index (χ2n) is 2.55. The highest BCUT2D eigenvalue weighted by molar-refractivity contribution is 7.62. The molecule has 10 heteroatoms. The van der Waals surface area contributed by atoms with Gasteiger partial charge in [0.15, 0.2) is 0 Å². The van der Waals surface area contributed by atoms with Gasteiger partial charge in [0.25, 0.3) is 0 Å². The number of rotatable bonds is 2. The van der Waals surface area contributed by atoms with Crippen molar-refractivity contribution in [2.24, 2.45) is 4.36 Å². The summed E-state index contributed by atoms with van der Waals surface area (Å²) in [5, 5.41) is 10.3. The summed E-state index contributed by atoms with van der Waals surface area (Å²) in [5.41, 5.74) is -0.797. The fourth-order valence-electron chi connectivity index (χ4n) is 0.879. The molecule has 90 valence electrons. The number of carbonyl (C=O) groups excluding carboxylic acids is 1. The average molecular weight is 262 g/mol. The molecule has 0 heterocycles. The highest BCUT2D eigenvalue weighted by Gasteiger charge is 2.15. The summed E-state index contributed by atoms with van der Waals surface area (Å²) < 4.78 is 39.7. The lowest BCUT2D eigenvalue weighted by molar-refractivity contribution is -0.387. The lowest BCUT2D eigenvalue weighted by atomic mass is 10.3. The molecule has 0 bridgehead atoms. The van der Waals surface area contributed by atoms with Gasteiger partial charge in [0.2, 0.25) is 5.82 Å². The molecule has 0 unspecified atom stereocenters. The van der Waals surface area contributed by atoms with Gasteiger partial charge in [-0.05, 0) is 6.07 Å². The van der Waals surface area contributed by atoms with Gasteiger partial charge in [-0.25, -0.2) is 4.79 Å². The molecule has 0 saturated heterocycles. The molecule has 1 aromatic carbocycles. The number of benzene rings is 1. The number of nitro groups is 1. The highest BCUT2D eigenvalue weighted by atomic mass is 32.2. The average Bonchev–Trinajstić information content (AvgIpc) is 2.15. The van der Waals surface area contributed by atoms with Crippen LogP contribution in [-0.2, 0) is 10.5 Å². The van der Waals surface area contributed by atoms with E-state index in [1.54, 1.807) is 0 Å². The molecule has 17 heavy (non-hydrogen) atoms. The number of hydrogen-bond donors (Lipinski definition) is 0. The molecule has 0 aliphatic heterocycles. The molecule has 0 aliphatic rings. The van der Waals surface area contributed by atoms with Gasteiger partial charge in [-0.3, -0.25) is 10.1 Å². The molecule has 0 saturated carbocycles. The largest absolute Gasteiger partial charge is 0.454 e. The maximum absolute atomic E-state index is 13.0. The molecule has 8 nitrogen and oxygen atoms in total. The van der Waals surface area contributed by atoms with Crippen LogP contribution in [0.5, 0.6) is 5.75 Å². The topological polar surface area (TPSA) is 116 Å². The lowest BCUT2D eigenvalue weighted by Crippen LogP contribution is -2.02. The van der Waals surface area contributed by atoms with Gasteiger partial charge >= 0.3 is 22.3 Å². The number of hydrogen-bond acceptors (Lipinski definition) is 6. The third-order valence-electron chi connectivity index (χ3n) is 1.47. The zero-order valence-corrected chi connectivity index (χ0v) is 8.68. The van der Waals surface area contributed by atoms with Crippen LogP contribution < -0.4 is 4.74 Å². The molecule has 0 aromatic heterocycles. The van der Waals surface area contributed by atoms with Crippen molar-refractivity contribution in [1.29, 1.82) is 0 Å². The van der Waals surface area contributed by atoms with Crippen molar-refractivity contribution < 1.29 is 27.3 Å². The van der Waals surface area contributed by atoms with Crippen LogP contribution in [0.25, 0.3) is 0 Å². The van der Waals surface area contributed by atoms with E-state index in [9.17, 15) is 27.7 Å². The van der Waals surface area contributed by atoms with Gasteiger partial charge < -0.3 is 4.74 Å². The quantitative estimate of drug-likeness (QED) is 0.585. The smallest absolute Gasteiger partial charge is 0.408 e. The molecule has 0 radical (unpaired) electrons. The van der Waals surface area contributed by atoms with E-state index in [0.29, 0.717) is 6.07 Å². The Kier molecular flexibility index (Phi) is 3.82. The van der Waals surface area contributed by atoms with Gasteiger partial charge in [-0.15, -0.1) is 0 Å². The van der Waals surface area contributed by atoms with Crippen LogP contribution in [0.4, 0.5) is 14.9 Å². The molecule has 1 amide bonds. The molecule has 1 rings (SSSR count). The highest BCUT2D eigenvalue weighted by Crippen LogP contribution is 2.22. The number of amides is 1. The maximum Gasteiger partial charge on any atom is 0.454 e. The Morgan fingerprint density at radius 3 is 2.59 bits per heavy atom. The SMILES string of the molecule is O=C(N=S(=O)=O)Oc1ccc([N+](=O)[O-])c(F)c1. The van der Waals surface area contributed by atoms with Crippen LogP contribution in [0, 0.1) is 15.9 Å². The van der Waals surface area contributed by atoms with E-state index < -0.39 is 38.8 Å². The van der Waals surface area contributed by atoms with E-state index in [1.165, 1.54) is 0 Å². The number of ether oxygens (including phenoxy) is 1. The molecule has 0 N–H and O–H groups in total. The number of halogens is 1. The predicted molar refractivity (Wildman–Crippen MR) is 50.4 cm³/mol. The van der Waals surface area contributed by atoms with Crippen LogP contribution >= 0.6 is 0 Å². The lowest BCUT2D eigenvalue weighted by Gasteiger charge is -1.99. The Balaban J connectivity index is 2.96. The second-order valence-corrected chi connectivity index (χ2v) is 3.16. The monoisotopic (exact) mass is 262 g/mol. The predicted octanol–water partition coefficient (Wildman–Crippen LogP) is 1.30. The normalized spacial score (nSPS) is 9.47. The van der Waals surface area contributed by atoms with Gasteiger partial charge in [0, 0.05) is 12.1 Å². The first kappa shape index (κ1) is 12.7. The van der Waals surface area contributed by atoms with Crippen LogP contribution in [0.3, 0.4) is 0 Å². The van der Waals surface area contributed by atoms with E-state index in [0.717, 1.165) is 12.1 Å². The molecular weight excluding hydrogens is 259 g/mol. The van der Waals surface area contributed by atoms with Crippen molar-refractivity contribution in [1.82, 2.24) is 0 Å². The summed E-state index contributed by atoms with van der Waals surface area (Å²) >= 11 is 0. The van der Waals surface area contributed by atoms with Crippen molar-refractivity contribution >= 4 is 22.3 Å². The summed E-state index contributed by atoms with van der Waals surface area (Å²) in [4.78, 5) is 20.0. The Morgan fingerprint density at radius 1 is 1.47 bits per heavy atom. The van der Waals surface area contributed by atoms with E-state index in [2.05, 4.69) is 9.10 Å². The van der Waals surface area contributed by atoms with Crippen LogP contribution in [-0.4, -0.2) is 19.4 Å². The molecule has 0 fully saturated rings. The van der Waals surface area contributed by atoms with Gasteiger partial charge in [-0.2, -0.15) is 12.8 Å².